The largest absolute Gasteiger partial charge is 0.379 e. The smallest absolute Gasteiger partial charge is 0.238 e. The van der Waals surface area contributed by atoms with Crippen LogP contribution in [0.3, 0.4) is 0 Å². The lowest BCUT2D eigenvalue weighted by Gasteiger charge is -2.26. The third-order valence-electron chi connectivity index (χ3n) is 4.28. The van der Waals surface area contributed by atoms with E-state index in [0.717, 1.165) is 42.9 Å². The van der Waals surface area contributed by atoms with Gasteiger partial charge >= 0.3 is 0 Å². The van der Waals surface area contributed by atoms with Gasteiger partial charge in [-0.05, 0) is 37.5 Å². The molecule has 2 N–H and O–H groups in total. The number of carbonyl (C=O) groups excluding carboxylic acids is 2. The van der Waals surface area contributed by atoms with E-state index in [2.05, 4.69) is 15.5 Å². The third kappa shape index (κ3) is 4.30. The van der Waals surface area contributed by atoms with Crippen molar-refractivity contribution in [1.29, 1.82) is 0 Å². The predicted molar refractivity (Wildman–Crippen MR) is 88.4 cm³/mol. The number of anilines is 2. The Balaban J connectivity index is 1.60. The van der Waals surface area contributed by atoms with Crippen molar-refractivity contribution in [1.82, 2.24) is 4.90 Å². The average molecular weight is 317 g/mol. The van der Waals surface area contributed by atoms with Gasteiger partial charge in [-0.2, -0.15) is 0 Å². The lowest BCUT2D eigenvalue weighted by atomic mass is 10.1. The maximum Gasteiger partial charge on any atom is 0.238 e. The van der Waals surface area contributed by atoms with Crippen LogP contribution in [0.5, 0.6) is 0 Å². The first-order chi connectivity index (χ1) is 11.1. The minimum absolute atomic E-state index is 0.0410. The maximum atomic E-state index is 12.2. The standard InChI is InChI=1S/C17H23N3O3/c1-12-14(18-16(21)11-20-7-9-23-10-8-20)3-2-4-15(12)19-17(22)13-5-6-13/h2-4,13H,5-11H2,1H3,(H,18,21)(H,19,22). The average Bonchev–Trinajstić information content (AvgIpc) is 3.37. The molecule has 2 fully saturated rings. The summed E-state index contributed by atoms with van der Waals surface area (Å²) in [7, 11) is 0. The Kier molecular flexibility index (Phi) is 4.93. The molecule has 1 heterocycles. The van der Waals surface area contributed by atoms with Crippen LogP contribution < -0.4 is 10.6 Å². The monoisotopic (exact) mass is 317 g/mol. The molecule has 6 heteroatoms. The van der Waals surface area contributed by atoms with Gasteiger partial charge < -0.3 is 15.4 Å². The molecule has 1 aliphatic carbocycles. The molecule has 0 spiro atoms. The molecule has 0 bridgehead atoms. The highest BCUT2D eigenvalue weighted by Crippen LogP contribution is 2.31. The summed E-state index contributed by atoms with van der Waals surface area (Å²) in [4.78, 5) is 26.2. The molecule has 124 valence electrons. The maximum absolute atomic E-state index is 12.2. The molecule has 6 nitrogen and oxygen atoms in total. The number of benzene rings is 1. The highest BCUT2D eigenvalue weighted by Gasteiger charge is 2.29. The van der Waals surface area contributed by atoms with Crippen molar-refractivity contribution in [2.24, 2.45) is 5.92 Å². The first-order valence-electron chi connectivity index (χ1n) is 8.14. The first-order valence-corrected chi connectivity index (χ1v) is 8.14. The summed E-state index contributed by atoms with van der Waals surface area (Å²) in [6.07, 6.45) is 1.95. The quantitative estimate of drug-likeness (QED) is 0.866. The van der Waals surface area contributed by atoms with Crippen LogP contribution in [0.4, 0.5) is 11.4 Å². The second-order valence-corrected chi connectivity index (χ2v) is 6.18. The number of amides is 2. The van der Waals surface area contributed by atoms with E-state index in [1.807, 2.05) is 25.1 Å². The molecular formula is C17H23N3O3. The molecule has 1 aromatic carbocycles. The molecule has 1 aliphatic heterocycles. The summed E-state index contributed by atoms with van der Waals surface area (Å²) in [6, 6.07) is 5.58. The molecule has 23 heavy (non-hydrogen) atoms. The molecule has 0 aromatic heterocycles. The van der Waals surface area contributed by atoms with Crippen LogP contribution in [0.15, 0.2) is 18.2 Å². The summed E-state index contributed by atoms with van der Waals surface area (Å²) in [5, 5.41) is 5.89. The van der Waals surface area contributed by atoms with Gasteiger partial charge in [0.1, 0.15) is 0 Å². The van der Waals surface area contributed by atoms with E-state index in [9.17, 15) is 9.59 Å². The molecule has 2 aliphatic rings. The van der Waals surface area contributed by atoms with Gasteiger partial charge in [-0.3, -0.25) is 14.5 Å². The van der Waals surface area contributed by atoms with Gasteiger partial charge in [-0.25, -0.2) is 0 Å². The van der Waals surface area contributed by atoms with Crippen LogP contribution >= 0.6 is 0 Å². The van der Waals surface area contributed by atoms with Crippen molar-refractivity contribution >= 4 is 23.2 Å². The number of hydrogen-bond donors (Lipinski definition) is 2. The summed E-state index contributed by atoms with van der Waals surface area (Å²) in [5.41, 5.74) is 2.40. The number of nitrogens with zero attached hydrogens (tertiary/aromatic N) is 1. The van der Waals surface area contributed by atoms with E-state index in [0.29, 0.717) is 19.8 Å². The van der Waals surface area contributed by atoms with Crippen molar-refractivity contribution in [2.45, 2.75) is 19.8 Å². The van der Waals surface area contributed by atoms with Gasteiger partial charge in [0, 0.05) is 30.4 Å². The first kappa shape index (κ1) is 16.0. The van der Waals surface area contributed by atoms with Crippen LogP contribution in [0, 0.1) is 12.8 Å². The number of morpholine rings is 1. The van der Waals surface area contributed by atoms with E-state index in [4.69, 9.17) is 4.74 Å². The van der Waals surface area contributed by atoms with Crippen molar-refractivity contribution in [3.05, 3.63) is 23.8 Å². The van der Waals surface area contributed by atoms with Gasteiger partial charge in [0.25, 0.3) is 0 Å². The summed E-state index contributed by atoms with van der Waals surface area (Å²) in [5.74, 6) is 0.194. The van der Waals surface area contributed by atoms with Crippen molar-refractivity contribution < 1.29 is 14.3 Å². The van der Waals surface area contributed by atoms with Crippen molar-refractivity contribution in [3.63, 3.8) is 0 Å². The van der Waals surface area contributed by atoms with Crippen LogP contribution in [-0.4, -0.2) is 49.6 Å². The fourth-order valence-electron chi connectivity index (χ4n) is 2.64. The van der Waals surface area contributed by atoms with E-state index >= 15 is 0 Å². The number of hydrogen-bond acceptors (Lipinski definition) is 4. The molecule has 1 saturated heterocycles. The molecule has 1 aromatic rings. The zero-order chi connectivity index (χ0) is 16.2. The molecule has 3 rings (SSSR count). The Morgan fingerprint density at radius 2 is 1.83 bits per heavy atom. The fourth-order valence-corrected chi connectivity index (χ4v) is 2.64. The molecule has 0 atom stereocenters. The van der Waals surface area contributed by atoms with E-state index in [1.165, 1.54) is 0 Å². The molecule has 1 saturated carbocycles. The van der Waals surface area contributed by atoms with Crippen LogP contribution in [-0.2, 0) is 14.3 Å². The van der Waals surface area contributed by atoms with Gasteiger partial charge in [-0.1, -0.05) is 6.07 Å². The number of rotatable bonds is 5. The van der Waals surface area contributed by atoms with Gasteiger partial charge in [-0.15, -0.1) is 0 Å². The molecular weight excluding hydrogens is 294 g/mol. The lowest BCUT2D eigenvalue weighted by Crippen LogP contribution is -2.41. The van der Waals surface area contributed by atoms with Crippen LogP contribution in [0.2, 0.25) is 0 Å². The van der Waals surface area contributed by atoms with Crippen molar-refractivity contribution in [3.8, 4) is 0 Å². The van der Waals surface area contributed by atoms with Gasteiger partial charge in [0.15, 0.2) is 0 Å². The Labute approximate surface area is 136 Å². The fraction of sp³-hybridized carbons (Fsp3) is 0.529. The summed E-state index contributed by atoms with van der Waals surface area (Å²) < 4.78 is 5.28. The predicted octanol–water partition coefficient (Wildman–Crippen LogP) is 1.61. The third-order valence-corrected chi connectivity index (χ3v) is 4.28. The normalized spacial score (nSPS) is 18.5. The number of carbonyl (C=O) groups is 2. The van der Waals surface area contributed by atoms with Gasteiger partial charge in [0.2, 0.25) is 11.8 Å². The number of nitrogens with one attached hydrogen (secondary N) is 2. The second-order valence-electron chi connectivity index (χ2n) is 6.18. The molecule has 0 unspecified atom stereocenters. The Hall–Kier alpha value is -1.92. The SMILES string of the molecule is Cc1c(NC(=O)CN2CCOCC2)cccc1NC(=O)C1CC1. The van der Waals surface area contributed by atoms with E-state index in [1.54, 1.807) is 0 Å². The van der Waals surface area contributed by atoms with E-state index in [-0.39, 0.29) is 17.7 Å². The van der Waals surface area contributed by atoms with Gasteiger partial charge in [0.05, 0.1) is 19.8 Å². The van der Waals surface area contributed by atoms with Crippen molar-refractivity contribution in [2.75, 3.05) is 43.5 Å². The summed E-state index contributed by atoms with van der Waals surface area (Å²) in [6.45, 7) is 5.19. The Morgan fingerprint density at radius 1 is 1.17 bits per heavy atom. The zero-order valence-electron chi connectivity index (χ0n) is 13.4. The Morgan fingerprint density at radius 3 is 2.48 bits per heavy atom. The van der Waals surface area contributed by atoms with Crippen LogP contribution in [0.25, 0.3) is 0 Å². The summed E-state index contributed by atoms with van der Waals surface area (Å²) >= 11 is 0. The second kappa shape index (κ2) is 7.10. The lowest BCUT2D eigenvalue weighted by molar-refractivity contribution is -0.118. The van der Waals surface area contributed by atoms with Crippen LogP contribution in [0.1, 0.15) is 18.4 Å². The minimum atomic E-state index is -0.0410. The molecule has 2 amide bonds. The Bertz CT molecular complexity index is 593. The molecule has 0 radical (unpaired) electrons. The minimum Gasteiger partial charge on any atom is -0.379 e. The zero-order valence-corrected chi connectivity index (χ0v) is 13.4. The highest BCUT2D eigenvalue weighted by atomic mass is 16.5. The highest BCUT2D eigenvalue weighted by molar-refractivity contribution is 5.97. The number of ether oxygens (including phenoxy) is 1. The topological polar surface area (TPSA) is 70.7 Å². The van der Waals surface area contributed by atoms with E-state index < -0.39 is 0 Å².